The zero-order valence-corrected chi connectivity index (χ0v) is 12.8. The largest absolute Gasteiger partial charge is 0.374 e. The van der Waals surface area contributed by atoms with Gasteiger partial charge in [-0.25, -0.2) is 15.8 Å². The highest BCUT2D eigenvalue weighted by molar-refractivity contribution is 5.79. The number of aromatic nitrogens is 2. The second kappa shape index (κ2) is 8.38. The maximum Gasteiger partial charge on any atom is 0.236 e. The van der Waals surface area contributed by atoms with Gasteiger partial charge >= 0.3 is 0 Å². The van der Waals surface area contributed by atoms with Crippen molar-refractivity contribution in [2.75, 3.05) is 30.0 Å². The first-order valence-electron chi connectivity index (χ1n) is 6.91. The molecule has 0 saturated carbocycles. The van der Waals surface area contributed by atoms with Gasteiger partial charge in [0.2, 0.25) is 5.91 Å². The molecule has 8 heteroatoms. The summed E-state index contributed by atoms with van der Waals surface area (Å²) >= 11 is 0. The van der Waals surface area contributed by atoms with Crippen molar-refractivity contribution in [3.05, 3.63) is 11.9 Å². The number of rotatable bonds is 9. The van der Waals surface area contributed by atoms with E-state index in [4.69, 9.17) is 16.3 Å². The van der Waals surface area contributed by atoms with Gasteiger partial charge in [-0.2, -0.15) is 0 Å². The molecule has 0 spiro atoms. The predicted octanol–water partition coefficient (Wildman–Crippen LogP) is 0.246. The van der Waals surface area contributed by atoms with Crippen LogP contribution in [0, 0.1) is 5.92 Å². The molecule has 1 amide bonds. The van der Waals surface area contributed by atoms with Crippen LogP contribution in [-0.4, -0.2) is 35.6 Å². The van der Waals surface area contributed by atoms with E-state index in [1.165, 1.54) is 0 Å². The molecule has 0 aliphatic carbocycles. The highest BCUT2D eigenvalue weighted by atomic mass is 16.5. The van der Waals surface area contributed by atoms with Crippen molar-refractivity contribution in [2.24, 2.45) is 17.5 Å². The van der Waals surface area contributed by atoms with E-state index in [1.54, 1.807) is 6.07 Å². The Balaban J connectivity index is 3.06. The van der Waals surface area contributed by atoms with Crippen molar-refractivity contribution in [1.29, 1.82) is 0 Å². The summed E-state index contributed by atoms with van der Waals surface area (Å²) in [6.07, 6.45) is 0. The topological polar surface area (TPSA) is 119 Å². The number of nitrogens with zero attached hydrogens (tertiary/aromatic N) is 3. The first kappa shape index (κ1) is 17.1. The minimum Gasteiger partial charge on any atom is -0.374 e. The molecule has 0 atom stereocenters. The fourth-order valence-electron chi connectivity index (χ4n) is 1.84. The highest BCUT2D eigenvalue weighted by Gasteiger charge is 2.15. The smallest absolute Gasteiger partial charge is 0.236 e. The number of hydrazine groups is 1. The molecule has 0 saturated heterocycles. The Morgan fingerprint density at radius 2 is 2.19 bits per heavy atom. The third kappa shape index (κ3) is 5.92. The molecule has 0 aliphatic rings. The van der Waals surface area contributed by atoms with Crippen molar-refractivity contribution >= 4 is 17.5 Å². The van der Waals surface area contributed by atoms with E-state index in [2.05, 4.69) is 29.2 Å². The lowest BCUT2D eigenvalue weighted by Crippen LogP contribution is -2.37. The Labute approximate surface area is 124 Å². The summed E-state index contributed by atoms with van der Waals surface area (Å²) in [7, 11) is 0. The Bertz CT molecular complexity index is 466. The Morgan fingerprint density at radius 3 is 2.71 bits per heavy atom. The quantitative estimate of drug-likeness (QED) is 0.441. The maximum atomic E-state index is 11.2. The summed E-state index contributed by atoms with van der Waals surface area (Å²) < 4.78 is 5.31. The molecular formula is C13H24N6O2. The molecule has 118 valence electrons. The van der Waals surface area contributed by atoms with Gasteiger partial charge in [-0.3, -0.25) is 4.79 Å². The van der Waals surface area contributed by atoms with Gasteiger partial charge in [0, 0.05) is 19.2 Å². The summed E-state index contributed by atoms with van der Waals surface area (Å²) in [6, 6.07) is 1.68. The van der Waals surface area contributed by atoms with Crippen molar-refractivity contribution in [2.45, 2.75) is 27.4 Å². The summed E-state index contributed by atoms with van der Waals surface area (Å²) in [5.41, 5.74) is 7.80. The Morgan fingerprint density at radius 1 is 1.48 bits per heavy atom. The van der Waals surface area contributed by atoms with Crippen LogP contribution in [0.4, 0.5) is 11.6 Å². The molecule has 5 N–H and O–H groups in total. The van der Waals surface area contributed by atoms with E-state index in [9.17, 15) is 4.79 Å². The molecule has 8 nitrogen and oxygen atoms in total. The molecule has 1 rings (SSSR count). The average Bonchev–Trinajstić information content (AvgIpc) is 2.43. The third-order valence-corrected chi connectivity index (χ3v) is 2.60. The molecule has 0 aromatic carbocycles. The zero-order chi connectivity index (χ0) is 15.8. The van der Waals surface area contributed by atoms with E-state index in [1.807, 2.05) is 11.8 Å². The van der Waals surface area contributed by atoms with Crippen LogP contribution in [0.2, 0.25) is 0 Å². The van der Waals surface area contributed by atoms with Gasteiger partial charge < -0.3 is 20.8 Å². The van der Waals surface area contributed by atoms with Crippen LogP contribution in [0.5, 0.6) is 0 Å². The van der Waals surface area contributed by atoms with Gasteiger partial charge in [0.15, 0.2) is 5.82 Å². The highest BCUT2D eigenvalue weighted by Crippen LogP contribution is 2.17. The predicted molar refractivity (Wildman–Crippen MR) is 81.4 cm³/mol. The summed E-state index contributed by atoms with van der Waals surface area (Å²) in [5, 5.41) is 0. The lowest BCUT2D eigenvalue weighted by Gasteiger charge is -2.24. The number of hydrogen-bond donors (Lipinski definition) is 3. The van der Waals surface area contributed by atoms with Gasteiger partial charge in [-0.15, -0.1) is 0 Å². The van der Waals surface area contributed by atoms with Crippen molar-refractivity contribution in [3.8, 4) is 0 Å². The second-order valence-corrected chi connectivity index (χ2v) is 5.05. The SMILES string of the molecule is CCOCc1nc(NN)cc(N(CC(N)=O)CC(C)C)n1. The minimum atomic E-state index is -0.414. The van der Waals surface area contributed by atoms with Gasteiger partial charge in [-0.1, -0.05) is 13.8 Å². The molecule has 0 radical (unpaired) electrons. The molecule has 1 aromatic rings. The first-order valence-corrected chi connectivity index (χ1v) is 6.91. The van der Waals surface area contributed by atoms with Crippen molar-refractivity contribution in [1.82, 2.24) is 9.97 Å². The summed E-state index contributed by atoms with van der Waals surface area (Å²) in [6.45, 7) is 7.59. The summed E-state index contributed by atoms with van der Waals surface area (Å²) in [4.78, 5) is 21.7. The number of hydrogen-bond acceptors (Lipinski definition) is 7. The van der Waals surface area contributed by atoms with Gasteiger partial charge in [0.1, 0.15) is 18.2 Å². The fourth-order valence-corrected chi connectivity index (χ4v) is 1.84. The lowest BCUT2D eigenvalue weighted by atomic mass is 10.2. The number of ether oxygens (including phenoxy) is 1. The van der Waals surface area contributed by atoms with Crippen LogP contribution >= 0.6 is 0 Å². The lowest BCUT2D eigenvalue weighted by molar-refractivity contribution is -0.116. The molecule has 0 unspecified atom stereocenters. The third-order valence-electron chi connectivity index (χ3n) is 2.60. The zero-order valence-electron chi connectivity index (χ0n) is 12.8. The number of nitrogens with one attached hydrogen (secondary N) is 1. The van der Waals surface area contributed by atoms with E-state index in [0.29, 0.717) is 36.5 Å². The molecule has 0 bridgehead atoms. The van der Waals surface area contributed by atoms with Crippen molar-refractivity contribution < 1.29 is 9.53 Å². The van der Waals surface area contributed by atoms with E-state index < -0.39 is 5.91 Å². The van der Waals surface area contributed by atoms with Crippen LogP contribution in [0.3, 0.4) is 0 Å². The van der Waals surface area contributed by atoms with Crippen LogP contribution in [0.25, 0.3) is 0 Å². The van der Waals surface area contributed by atoms with Crippen LogP contribution in [0.1, 0.15) is 26.6 Å². The van der Waals surface area contributed by atoms with E-state index in [-0.39, 0.29) is 13.2 Å². The standard InChI is InChI=1S/C13H24N6O2/c1-4-21-8-12-16-11(18-15)5-13(17-12)19(6-9(2)3)7-10(14)20/h5,9H,4,6-8,15H2,1-3H3,(H2,14,20)(H,16,17,18). The monoisotopic (exact) mass is 296 g/mol. The van der Waals surface area contributed by atoms with E-state index >= 15 is 0 Å². The summed E-state index contributed by atoms with van der Waals surface area (Å²) in [5.74, 6) is 6.93. The number of carbonyl (C=O) groups is 1. The first-order chi connectivity index (χ1) is 9.96. The Kier molecular flexibility index (Phi) is 6.83. The Hall–Kier alpha value is -1.93. The number of carbonyl (C=O) groups excluding carboxylic acids is 1. The second-order valence-electron chi connectivity index (χ2n) is 5.05. The van der Waals surface area contributed by atoms with Gasteiger partial charge in [-0.05, 0) is 12.8 Å². The fraction of sp³-hybridized carbons (Fsp3) is 0.615. The minimum absolute atomic E-state index is 0.0906. The molecular weight excluding hydrogens is 272 g/mol. The maximum absolute atomic E-state index is 11.2. The molecule has 0 aliphatic heterocycles. The number of primary amides is 1. The normalized spacial score (nSPS) is 10.7. The van der Waals surface area contributed by atoms with Crippen molar-refractivity contribution in [3.63, 3.8) is 0 Å². The van der Waals surface area contributed by atoms with Crippen LogP contribution in [-0.2, 0) is 16.1 Å². The number of anilines is 2. The molecule has 21 heavy (non-hydrogen) atoms. The van der Waals surface area contributed by atoms with Gasteiger partial charge in [0.25, 0.3) is 0 Å². The number of amides is 1. The van der Waals surface area contributed by atoms with E-state index in [0.717, 1.165) is 0 Å². The number of nitrogens with two attached hydrogens (primary N) is 2. The van der Waals surface area contributed by atoms with Gasteiger partial charge in [0.05, 0.1) is 6.54 Å². The average molecular weight is 296 g/mol. The molecule has 0 fully saturated rings. The van der Waals surface area contributed by atoms with Crippen LogP contribution < -0.4 is 21.9 Å². The number of nitrogen functional groups attached to an aromatic ring is 1. The molecule has 1 aromatic heterocycles. The molecule has 1 heterocycles. The van der Waals surface area contributed by atoms with Crippen LogP contribution in [0.15, 0.2) is 6.07 Å².